The molecule has 22 aromatic carbocycles. The lowest BCUT2D eigenvalue weighted by molar-refractivity contribution is 0.666. The predicted molar refractivity (Wildman–Crippen MR) is 611 cm³/mol. The number of hydrogen-bond donors (Lipinski definition) is 0. The van der Waals surface area contributed by atoms with Crippen LogP contribution in [0.25, 0.3) is 313 Å². The topological polar surface area (TPSA) is 145 Å². The Morgan fingerprint density at radius 1 is 0.189 bits per heavy atom. The van der Waals surface area contributed by atoms with Crippen molar-refractivity contribution in [1.82, 2.24) is 43.6 Å². The molecule has 33 rings (SSSR count). The minimum absolute atomic E-state index is 0.585. The highest BCUT2D eigenvalue weighted by Gasteiger charge is 2.31. The van der Waals surface area contributed by atoms with Crippen molar-refractivity contribution in [3.8, 4) is 85.0 Å². The average molecular weight is 1910 g/mol. The van der Waals surface area contributed by atoms with Crippen LogP contribution in [0.4, 0.5) is 0 Å². The van der Waals surface area contributed by atoms with Gasteiger partial charge in [-0.25, -0.2) is 29.9 Å². The van der Waals surface area contributed by atoms with E-state index in [4.69, 9.17) is 47.6 Å². The van der Waals surface area contributed by atoms with Gasteiger partial charge in [0.25, 0.3) is 0 Å². The van der Waals surface area contributed by atoms with Crippen molar-refractivity contribution in [2.75, 3.05) is 0 Å². The fraction of sp³-hybridized carbons (Fsp3) is 0. The lowest BCUT2D eigenvalue weighted by atomic mass is 10.0. The molecule has 148 heavy (non-hydrogen) atoms. The van der Waals surface area contributed by atoms with Gasteiger partial charge in [-0.05, 0) is 183 Å². The average Bonchev–Trinajstić information content (AvgIpc) is 1.56. The van der Waals surface area contributed by atoms with Gasteiger partial charge in [0.1, 0.15) is 50.3 Å². The van der Waals surface area contributed by atoms with Gasteiger partial charge < -0.3 is 31.4 Å². The van der Waals surface area contributed by atoms with Crippen LogP contribution in [0.3, 0.4) is 0 Å². The molecule has 0 aliphatic rings. The summed E-state index contributed by atoms with van der Waals surface area (Å²) in [6.45, 7) is 0. The Hall–Kier alpha value is -19.8. The first-order valence-electron chi connectivity index (χ1n) is 49.7. The van der Waals surface area contributed by atoms with Crippen LogP contribution in [-0.4, -0.2) is 43.6 Å². The molecule has 0 amide bonds. The molecular formula is C134H77N9O4S. The van der Waals surface area contributed by atoms with Gasteiger partial charge >= 0.3 is 0 Å². The summed E-state index contributed by atoms with van der Waals surface area (Å²) in [5.74, 6) is 1.92. The third kappa shape index (κ3) is 12.9. The summed E-state index contributed by atoms with van der Waals surface area (Å²) in [4.78, 5) is 31.3. The maximum atomic E-state index is 6.88. The van der Waals surface area contributed by atoms with Gasteiger partial charge in [0.05, 0.1) is 105 Å². The summed E-state index contributed by atoms with van der Waals surface area (Å²) in [6, 6.07) is 164. The number of rotatable bonds is 9. The fourth-order valence-electron chi connectivity index (χ4n) is 23.0. The molecule has 0 aliphatic heterocycles. The largest absolute Gasteiger partial charge is 0.455 e. The number of para-hydroxylation sites is 7. The molecule has 0 saturated carbocycles. The summed E-state index contributed by atoms with van der Waals surface area (Å²) < 4.78 is 36.3. The molecule has 33 aromatic rings. The minimum Gasteiger partial charge on any atom is -0.455 e. The summed E-state index contributed by atoms with van der Waals surface area (Å²) in [7, 11) is 0. The van der Waals surface area contributed by atoms with E-state index in [1.807, 2.05) is 97.1 Å². The lowest BCUT2D eigenvalue weighted by Crippen LogP contribution is -1.98. The number of thiophene rings is 1. The molecule has 0 bridgehead atoms. The molecule has 11 aromatic heterocycles. The number of benzene rings is 22. The molecule has 0 saturated heterocycles. The zero-order valence-corrected chi connectivity index (χ0v) is 79.8. The first-order chi connectivity index (χ1) is 73.4. The molecule has 688 valence electrons. The SMILES string of the molecule is c1ccc(-c2nc(-c3ccc(-n4c5cc6ccccc6cc5c5cc6ccccc6cc54)c4c3oc3ccccc34)nc3c2sc2ccccc23)cc1.c1ccc(-c2nc(-c3ccc(-n4c5ccccc5c5cc6ccccc6cc54)c4c3oc3ccccc34)c3ccccc3n2)cc1.c1ccc(-c2nc(-c3ccc(-n4c5ccccc5c5cc6ccccc6cc54)c4c3oc3ccccc34)nc3c2oc2ccccc23)cc1. The Labute approximate surface area is 846 Å². The van der Waals surface area contributed by atoms with E-state index in [9.17, 15) is 0 Å². The molecule has 0 fully saturated rings. The highest BCUT2D eigenvalue weighted by molar-refractivity contribution is 7.26. The smallest absolute Gasteiger partial charge is 0.180 e. The van der Waals surface area contributed by atoms with E-state index in [0.29, 0.717) is 23.1 Å². The molecule has 11 heterocycles. The second-order valence-electron chi connectivity index (χ2n) is 38.1. The van der Waals surface area contributed by atoms with E-state index in [1.165, 1.54) is 80.1 Å². The Morgan fingerprint density at radius 3 is 0.973 bits per heavy atom. The third-order valence-corrected chi connectivity index (χ3v) is 30.9. The van der Waals surface area contributed by atoms with Gasteiger partial charge in [0.2, 0.25) is 0 Å². The number of fused-ring (bicyclic) bond motifs is 29. The molecule has 0 atom stereocenters. The fourth-order valence-corrected chi connectivity index (χ4v) is 24.2. The van der Waals surface area contributed by atoms with Crippen LogP contribution in [0.5, 0.6) is 0 Å². The van der Waals surface area contributed by atoms with Gasteiger partial charge in [-0.15, -0.1) is 11.3 Å². The van der Waals surface area contributed by atoms with Gasteiger partial charge in [-0.3, -0.25) is 0 Å². The van der Waals surface area contributed by atoms with Crippen LogP contribution < -0.4 is 0 Å². The molecule has 0 N–H and O–H groups in total. The van der Waals surface area contributed by atoms with Gasteiger partial charge in [0.15, 0.2) is 23.1 Å². The lowest BCUT2D eigenvalue weighted by Gasteiger charge is -2.14. The van der Waals surface area contributed by atoms with Crippen LogP contribution in [0.15, 0.2) is 485 Å². The zero-order valence-electron chi connectivity index (χ0n) is 79.0. The number of nitrogens with zero attached hydrogens (tertiary/aromatic N) is 9. The molecule has 13 nitrogen and oxygen atoms in total. The maximum Gasteiger partial charge on any atom is 0.180 e. The van der Waals surface area contributed by atoms with Crippen molar-refractivity contribution in [2.24, 2.45) is 0 Å². The summed E-state index contributed by atoms with van der Waals surface area (Å²) in [5.41, 5.74) is 27.2. The van der Waals surface area contributed by atoms with Crippen LogP contribution in [0, 0.1) is 0 Å². The summed E-state index contributed by atoms with van der Waals surface area (Å²) >= 11 is 1.75. The van der Waals surface area contributed by atoms with Crippen molar-refractivity contribution in [2.45, 2.75) is 0 Å². The highest BCUT2D eigenvalue weighted by atomic mass is 32.1. The minimum atomic E-state index is 0.585. The number of aromatic nitrogens is 9. The number of hydrogen-bond acceptors (Lipinski definition) is 11. The highest BCUT2D eigenvalue weighted by Crippen LogP contribution is 2.51. The molecule has 0 spiro atoms. The first-order valence-corrected chi connectivity index (χ1v) is 50.6. The maximum absolute atomic E-state index is 6.88. The molecule has 0 aliphatic carbocycles. The van der Waals surface area contributed by atoms with Crippen molar-refractivity contribution >= 4 is 239 Å². The van der Waals surface area contributed by atoms with E-state index in [0.717, 1.165) is 209 Å². The standard InChI is InChI=1S/C48H27N3OS.C44H25N3O2.C42H25N3O/c1-2-12-28(13-3-1)44-47-45(34-19-9-11-21-42(34)53-47)50-48(49-44)35-22-23-38(43-33-18-8-10-20-41(33)52-46(35)43)51-39-26-31-16-6-4-14-29(31)24-36(39)37-25-30-15-5-7-17-32(30)27-40(37)51;1-2-12-26(13-3-1)40-43-41(31-18-8-11-21-38(31)49-43)46-44(45-40)32-22-23-35(39-30-17-7-10-20-37(30)48-42(32)39)47-34-19-9-6-16-29(34)33-24-27-14-4-5-15-28(27)25-36(33)47;1-2-12-26(13-3-1)42-43-34-19-9-6-17-30(34)40(44-42)32-22-23-36(39-31-18-8-11-21-38(31)46-41(32)39)45-35-20-10-7-16-29(35)33-24-27-14-4-5-15-28(27)25-37(33)45/h1-27H;1-25H;1-25H. The quantitative estimate of drug-likeness (QED) is 0.137. The Balaban J connectivity index is 0.000000101. The van der Waals surface area contributed by atoms with E-state index in [1.54, 1.807) is 11.3 Å². The van der Waals surface area contributed by atoms with E-state index in [2.05, 4.69) is 384 Å². The van der Waals surface area contributed by atoms with Crippen molar-refractivity contribution in [3.05, 3.63) is 467 Å². The van der Waals surface area contributed by atoms with E-state index in [-0.39, 0.29) is 0 Å². The van der Waals surface area contributed by atoms with Crippen LogP contribution >= 0.6 is 11.3 Å². The Kier molecular flexibility index (Phi) is 18.4. The first kappa shape index (κ1) is 82.9. The van der Waals surface area contributed by atoms with Crippen LogP contribution in [-0.2, 0) is 0 Å². The third-order valence-electron chi connectivity index (χ3n) is 29.7. The van der Waals surface area contributed by atoms with Gasteiger partial charge in [-0.1, -0.05) is 328 Å². The summed E-state index contributed by atoms with van der Waals surface area (Å²) in [6.07, 6.45) is 0. The molecule has 14 heteroatoms. The second kappa shape index (κ2) is 32.9. The Morgan fingerprint density at radius 2 is 0.507 bits per heavy atom. The van der Waals surface area contributed by atoms with Crippen LogP contribution in [0.1, 0.15) is 0 Å². The van der Waals surface area contributed by atoms with E-state index >= 15 is 0 Å². The second-order valence-corrected chi connectivity index (χ2v) is 39.1. The van der Waals surface area contributed by atoms with Crippen molar-refractivity contribution in [1.29, 1.82) is 0 Å². The van der Waals surface area contributed by atoms with Gasteiger partial charge in [-0.2, -0.15) is 0 Å². The molecular weight excluding hydrogens is 1830 g/mol. The zero-order chi connectivity index (χ0) is 96.9. The van der Waals surface area contributed by atoms with Crippen molar-refractivity contribution < 1.29 is 17.7 Å². The summed E-state index contributed by atoms with van der Waals surface area (Å²) in [5, 5.41) is 26.4. The number of furan rings is 4. The molecule has 0 radical (unpaired) electrons. The normalized spacial score (nSPS) is 12.1. The van der Waals surface area contributed by atoms with Gasteiger partial charge in [0, 0.05) is 91.6 Å². The molecule has 0 unspecified atom stereocenters. The van der Waals surface area contributed by atoms with Crippen molar-refractivity contribution in [3.63, 3.8) is 0 Å². The Bertz CT molecular complexity index is 11300. The monoisotopic (exact) mass is 1910 g/mol. The van der Waals surface area contributed by atoms with E-state index < -0.39 is 0 Å². The predicted octanol–water partition coefficient (Wildman–Crippen LogP) is 36.5. The van der Waals surface area contributed by atoms with Crippen LogP contribution in [0.2, 0.25) is 0 Å².